The number of hydrogen-bond donors (Lipinski definition) is 1. The molecular formula is C10H16N2O3. The predicted molar refractivity (Wildman–Crippen MR) is 53.9 cm³/mol. The van der Waals surface area contributed by atoms with Gasteiger partial charge in [0, 0.05) is 7.05 Å². The summed E-state index contributed by atoms with van der Waals surface area (Å²) in [4.78, 5) is 21.4. The smallest absolute Gasteiger partial charge is 0.306 e. The average Bonchev–Trinajstić information content (AvgIpc) is 2.17. The van der Waals surface area contributed by atoms with Gasteiger partial charge in [0.05, 0.1) is 17.2 Å². The van der Waals surface area contributed by atoms with Crippen LogP contribution in [-0.4, -0.2) is 29.2 Å². The van der Waals surface area contributed by atoms with E-state index in [1.165, 1.54) is 5.01 Å². The number of rotatable bonds is 3. The highest BCUT2D eigenvalue weighted by atomic mass is 16.4. The molecule has 2 rings (SSSR count). The molecule has 0 aliphatic heterocycles. The topological polar surface area (TPSA) is 70.0 Å². The normalized spacial score (nSPS) is 38.7. The maximum atomic E-state index is 11.0. The van der Waals surface area contributed by atoms with Gasteiger partial charge in [0.1, 0.15) is 0 Å². The van der Waals surface area contributed by atoms with Gasteiger partial charge in [-0.3, -0.25) is 9.80 Å². The van der Waals surface area contributed by atoms with Gasteiger partial charge in [-0.05, 0) is 37.5 Å². The van der Waals surface area contributed by atoms with Crippen LogP contribution in [0.25, 0.3) is 0 Å². The minimum Gasteiger partial charge on any atom is -0.481 e. The number of carboxylic acids is 1. The van der Waals surface area contributed by atoms with E-state index in [1.54, 1.807) is 7.05 Å². The van der Waals surface area contributed by atoms with Gasteiger partial charge in [0.25, 0.3) is 0 Å². The Hall–Kier alpha value is -1.13. The van der Waals surface area contributed by atoms with Crippen LogP contribution in [0.5, 0.6) is 0 Å². The van der Waals surface area contributed by atoms with Crippen molar-refractivity contribution >= 4 is 5.97 Å². The number of carbonyl (C=O) groups is 1. The average molecular weight is 212 g/mol. The third-order valence-electron chi connectivity index (χ3n) is 4.09. The molecule has 5 nitrogen and oxygen atoms in total. The van der Waals surface area contributed by atoms with Crippen LogP contribution in [0.3, 0.4) is 0 Å². The molecule has 4 unspecified atom stereocenters. The lowest BCUT2D eigenvalue weighted by molar-refractivity contribution is -0.151. The van der Waals surface area contributed by atoms with E-state index in [2.05, 4.69) is 5.29 Å². The molecule has 4 atom stereocenters. The summed E-state index contributed by atoms with van der Waals surface area (Å²) in [7, 11) is 1.69. The second-order valence-corrected chi connectivity index (χ2v) is 4.65. The number of hydrogen-bond acceptors (Lipinski definition) is 3. The second kappa shape index (κ2) is 3.79. The minimum absolute atomic E-state index is 0.164. The Kier molecular flexibility index (Phi) is 2.63. The monoisotopic (exact) mass is 212 g/mol. The van der Waals surface area contributed by atoms with Gasteiger partial charge in [-0.15, -0.1) is 4.91 Å². The molecule has 0 radical (unpaired) electrons. The molecule has 0 bridgehead atoms. The minimum atomic E-state index is -0.676. The molecular weight excluding hydrogens is 196 g/mol. The zero-order valence-corrected chi connectivity index (χ0v) is 8.80. The lowest BCUT2D eigenvalue weighted by atomic mass is 9.58. The largest absolute Gasteiger partial charge is 0.481 e. The quantitative estimate of drug-likeness (QED) is 0.568. The molecule has 0 spiro atoms. The van der Waals surface area contributed by atoms with E-state index in [-0.39, 0.29) is 17.9 Å². The van der Waals surface area contributed by atoms with Gasteiger partial charge in [0.2, 0.25) is 0 Å². The van der Waals surface area contributed by atoms with Crippen LogP contribution >= 0.6 is 0 Å². The first-order valence-corrected chi connectivity index (χ1v) is 5.44. The predicted octanol–water partition coefficient (Wildman–Crippen LogP) is 1.49. The fourth-order valence-corrected chi connectivity index (χ4v) is 3.14. The first-order valence-electron chi connectivity index (χ1n) is 5.44. The maximum Gasteiger partial charge on any atom is 0.306 e. The molecule has 2 aliphatic rings. The van der Waals surface area contributed by atoms with Gasteiger partial charge in [-0.25, -0.2) is 0 Å². The first-order chi connectivity index (χ1) is 7.15. The van der Waals surface area contributed by atoms with E-state index in [0.29, 0.717) is 12.3 Å². The third-order valence-corrected chi connectivity index (χ3v) is 4.09. The molecule has 0 amide bonds. The number of fused-ring (bicyclic) bond motifs is 1. The summed E-state index contributed by atoms with van der Waals surface area (Å²) in [5.74, 6) is -0.238. The molecule has 2 aliphatic carbocycles. The summed E-state index contributed by atoms with van der Waals surface area (Å²) in [5, 5.41) is 13.4. The molecule has 2 saturated carbocycles. The Labute approximate surface area is 88.4 Å². The van der Waals surface area contributed by atoms with Gasteiger partial charge < -0.3 is 5.11 Å². The number of nitroso groups, excluding NO2 is 1. The molecule has 0 saturated heterocycles. The molecule has 0 aromatic heterocycles. The zero-order chi connectivity index (χ0) is 11.0. The Balaban J connectivity index is 2.06. The summed E-state index contributed by atoms with van der Waals surface area (Å²) < 4.78 is 0. The molecule has 1 N–H and O–H groups in total. The summed E-state index contributed by atoms with van der Waals surface area (Å²) in [6, 6.07) is 0.164. The summed E-state index contributed by atoms with van der Waals surface area (Å²) in [6.45, 7) is 0. The number of nitrogens with zero attached hydrogens (tertiary/aromatic N) is 2. The van der Waals surface area contributed by atoms with Crippen molar-refractivity contribution in [3.8, 4) is 0 Å². The Bertz CT molecular complexity index is 282. The molecule has 2 fully saturated rings. The number of carboxylic acid groups (broad SMARTS) is 1. The fraction of sp³-hybridized carbons (Fsp3) is 0.900. The van der Waals surface area contributed by atoms with Crippen LogP contribution < -0.4 is 0 Å². The summed E-state index contributed by atoms with van der Waals surface area (Å²) in [5.41, 5.74) is 0. The van der Waals surface area contributed by atoms with Crippen LogP contribution in [0, 0.1) is 22.7 Å². The van der Waals surface area contributed by atoms with Crippen LogP contribution in [0.15, 0.2) is 5.29 Å². The van der Waals surface area contributed by atoms with E-state index in [0.717, 1.165) is 19.3 Å². The third kappa shape index (κ3) is 1.60. The number of aliphatic carboxylic acids is 1. The van der Waals surface area contributed by atoms with Crippen molar-refractivity contribution in [1.29, 1.82) is 0 Å². The lowest BCUT2D eigenvalue weighted by Gasteiger charge is -2.50. The van der Waals surface area contributed by atoms with E-state index in [1.807, 2.05) is 0 Å². The van der Waals surface area contributed by atoms with Crippen LogP contribution in [0.2, 0.25) is 0 Å². The summed E-state index contributed by atoms with van der Waals surface area (Å²) >= 11 is 0. The highest BCUT2D eigenvalue weighted by Crippen LogP contribution is 2.49. The van der Waals surface area contributed by atoms with Crippen molar-refractivity contribution in [2.45, 2.75) is 31.7 Å². The Morgan fingerprint density at radius 1 is 1.27 bits per heavy atom. The molecule has 15 heavy (non-hydrogen) atoms. The van der Waals surface area contributed by atoms with Crippen molar-refractivity contribution in [2.75, 3.05) is 7.05 Å². The first kappa shape index (κ1) is 10.4. The van der Waals surface area contributed by atoms with E-state index < -0.39 is 5.97 Å². The zero-order valence-electron chi connectivity index (χ0n) is 8.80. The lowest BCUT2D eigenvalue weighted by Crippen LogP contribution is -2.51. The van der Waals surface area contributed by atoms with E-state index in [9.17, 15) is 9.70 Å². The van der Waals surface area contributed by atoms with E-state index in [4.69, 9.17) is 5.11 Å². The van der Waals surface area contributed by atoms with Crippen LogP contribution in [0.4, 0.5) is 0 Å². The van der Waals surface area contributed by atoms with Crippen molar-refractivity contribution < 1.29 is 9.90 Å². The van der Waals surface area contributed by atoms with Gasteiger partial charge in [-0.1, -0.05) is 0 Å². The maximum absolute atomic E-state index is 11.0. The standard InChI is InChI=1S/C10H16N2O3/c1-12(11-15)9-5-4-8(10(13)14)6-2-3-7(6)9/h6-9H,2-5H2,1H3,(H,13,14). The Morgan fingerprint density at radius 2 is 1.93 bits per heavy atom. The molecule has 0 aromatic carbocycles. The molecule has 5 heteroatoms. The molecule has 84 valence electrons. The van der Waals surface area contributed by atoms with Gasteiger partial charge in [-0.2, -0.15) is 0 Å². The highest BCUT2D eigenvalue weighted by Gasteiger charge is 2.48. The molecule has 0 aromatic rings. The van der Waals surface area contributed by atoms with Gasteiger partial charge in [0.15, 0.2) is 0 Å². The van der Waals surface area contributed by atoms with Crippen LogP contribution in [0.1, 0.15) is 25.7 Å². The highest BCUT2D eigenvalue weighted by molar-refractivity contribution is 5.70. The van der Waals surface area contributed by atoms with Gasteiger partial charge >= 0.3 is 5.97 Å². The fourth-order valence-electron chi connectivity index (χ4n) is 3.14. The van der Waals surface area contributed by atoms with Crippen molar-refractivity contribution in [2.24, 2.45) is 23.0 Å². The SMILES string of the molecule is CN(N=O)C1CCC(C(=O)O)C2CCC21. The van der Waals surface area contributed by atoms with Crippen molar-refractivity contribution in [3.63, 3.8) is 0 Å². The van der Waals surface area contributed by atoms with E-state index >= 15 is 0 Å². The van der Waals surface area contributed by atoms with Crippen LogP contribution in [-0.2, 0) is 4.79 Å². The molecule has 0 heterocycles. The Morgan fingerprint density at radius 3 is 2.40 bits per heavy atom. The van der Waals surface area contributed by atoms with Crippen molar-refractivity contribution in [3.05, 3.63) is 4.91 Å². The second-order valence-electron chi connectivity index (χ2n) is 4.65. The summed E-state index contributed by atoms with van der Waals surface area (Å²) in [6.07, 6.45) is 3.49. The van der Waals surface area contributed by atoms with Crippen molar-refractivity contribution in [1.82, 2.24) is 5.01 Å².